The van der Waals surface area contributed by atoms with Crippen LogP contribution in [0.5, 0.6) is 0 Å². The molecule has 0 fully saturated rings. The van der Waals surface area contributed by atoms with Crippen LogP contribution in [0.4, 0.5) is 0 Å². The van der Waals surface area contributed by atoms with Gasteiger partial charge in [-0.25, -0.2) is 0 Å². The van der Waals surface area contributed by atoms with Gasteiger partial charge in [0.05, 0.1) is 12.1 Å². The summed E-state index contributed by atoms with van der Waals surface area (Å²) in [4.78, 5) is 14.1. The van der Waals surface area contributed by atoms with Crippen molar-refractivity contribution in [1.29, 1.82) is 0 Å². The molecule has 0 saturated carbocycles. The minimum atomic E-state index is -0.459. The minimum absolute atomic E-state index is 0. The normalized spacial score (nSPS) is 13.0. The summed E-state index contributed by atoms with van der Waals surface area (Å²) >= 11 is 6.25. The Hall–Kier alpha value is -0.520. The fourth-order valence-corrected chi connectivity index (χ4v) is 2.52. The maximum Gasteiger partial charge on any atom is 0.236 e. The minimum Gasteiger partial charge on any atom is -0.353 e. The number of likely N-dealkylation sites (N-methyl/N-ethyl adjacent to an activating group) is 1. The van der Waals surface area contributed by atoms with Gasteiger partial charge < -0.3 is 16.0 Å². The van der Waals surface area contributed by atoms with E-state index in [1.54, 1.807) is 0 Å². The van der Waals surface area contributed by atoms with Gasteiger partial charge in [-0.15, -0.1) is 24.8 Å². The zero-order valence-electron chi connectivity index (χ0n) is 14.1. The molecule has 1 unspecified atom stereocenters. The molecule has 1 amide bonds. The molecule has 4 nitrogen and oxygen atoms in total. The van der Waals surface area contributed by atoms with E-state index >= 15 is 0 Å². The first-order valence-corrected chi connectivity index (χ1v) is 7.64. The lowest BCUT2D eigenvalue weighted by Crippen LogP contribution is -2.44. The number of nitrogens with zero attached hydrogens (tertiary/aromatic N) is 1. The van der Waals surface area contributed by atoms with E-state index in [2.05, 4.69) is 19.2 Å². The molecular formula is C16H28Cl3N3O. The van der Waals surface area contributed by atoms with Crippen LogP contribution >= 0.6 is 36.4 Å². The van der Waals surface area contributed by atoms with Crippen molar-refractivity contribution in [2.45, 2.75) is 32.4 Å². The SMILES string of the molecule is CC(C)C[C@H](N)C(=O)NCC(c1ccccc1Cl)N(C)C.Cl.Cl. The Balaban J connectivity index is 0. The summed E-state index contributed by atoms with van der Waals surface area (Å²) in [7, 11) is 3.93. The number of hydrogen-bond donors (Lipinski definition) is 2. The van der Waals surface area contributed by atoms with Crippen LogP contribution in [0.15, 0.2) is 24.3 Å². The molecular weight excluding hydrogens is 357 g/mol. The molecule has 0 aliphatic rings. The molecule has 23 heavy (non-hydrogen) atoms. The van der Waals surface area contributed by atoms with Crippen LogP contribution in [-0.4, -0.2) is 37.5 Å². The third-order valence-electron chi connectivity index (χ3n) is 3.42. The van der Waals surface area contributed by atoms with Gasteiger partial charge in [0.2, 0.25) is 5.91 Å². The van der Waals surface area contributed by atoms with Crippen molar-refractivity contribution in [2.24, 2.45) is 11.7 Å². The van der Waals surface area contributed by atoms with Crippen molar-refractivity contribution < 1.29 is 4.79 Å². The third kappa shape index (κ3) is 8.23. The monoisotopic (exact) mass is 383 g/mol. The van der Waals surface area contributed by atoms with Gasteiger partial charge in [-0.3, -0.25) is 4.79 Å². The van der Waals surface area contributed by atoms with Crippen molar-refractivity contribution in [2.75, 3.05) is 20.6 Å². The average Bonchev–Trinajstić information content (AvgIpc) is 2.39. The van der Waals surface area contributed by atoms with E-state index in [9.17, 15) is 4.79 Å². The molecule has 1 aromatic carbocycles. The second kappa shape index (κ2) is 11.9. The molecule has 0 spiro atoms. The summed E-state index contributed by atoms with van der Waals surface area (Å²) < 4.78 is 0. The predicted octanol–water partition coefficient (Wildman–Crippen LogP) is 3.28. The molecule has 134 valence electrons. The third-order valence-corrected chi connectivity index (χ3v) is 3.76. The van der Waals surface area contributed by atoms with Crippen molar-refractivity contribution in [3.63, 3.8) is 0 Å². The van der Waals surface area contributed by atoms with Crippen molar-refractivity contribution in [3.05, 3.63) is 34.9 Å². The predicted molar refractivity (Wildman–Crippen MR) is 103 cm³/mol. The molecule has 1 aromatic rings. The van der Waals surface area contributed by atoms with Crippen molar-refractivity contribution in [3.8, 4) is 0 Å². The van der Waals surface area contributed by atoms with Gasteiger partial charge in [-0.1, -0.05) is 43.6 Å². The maximum atomic E-state index is 12.0. The highest BCUT2D eigenvalue weighted by Crippen LogP contribution is 2.25. The fourth-order valence-electron chi connectivity index (χ4n) is 2.26. The number of carbonyl (C=O) groups excluding carboxylic acids is 1. The van der Waals surface area contributed by atoms with Crippen molar-refractivity contribution in [1.82, 2.24) is 10.2 Å². The number of amides is 1. The van der Waals surface area contributed by atoms with Crippen LogP contribution in [-0.2, 0) is 4.79 Å². The lowest BCUT2D eigenvalue weighted by atomic mass is 10.0. The molecule has 3 N–H and O–H groups in total. The van der Waals surface area contributed by atoms with Crippen LogP contribution in [0.1, 0.15) is 31.9 Å². The van der Waals surface area contributed by atoms with E-state index in [0.29, 0.717) is 23.9 Å². The molecule has 0 aromatic heterocycles. The van der Waals surface area contributed by atoms with E-state index in [4.69, 9.17) is 17.3 Å². The Morgan fingerprint density at radius 1 is 1.26 bits per heavy atom. The average molecular weight is 385 g/mol. The highest BCUT2D eigenvalue weighted by atomic mass is 35.5. The quantitative estimate of drug-likeness (QED) is 0.758. The first-order chi connectivity index (χ1) is 9.82. The van der Waals surface area contributed by atoms with Gasteiger partial charge in [0.25, 0.3) is 0 Å². The molecule has 1 rings (SSSR count). The Kier molecular flexibility index (Phi) is 12.8. The van der Waals surface area contributed by atoms with Crippen LogP contribution < -0.4 is 11.1 Å². The lowest BCUT2D eigenvalue weighted by molar-refractivity contribution is -0.122. The van der Waals surface area contributed by atoms with E-state index in [1.165, 1.54) is 0 Å². The summed E-state index contributed by atoms with van der Waals surface area (Å²) in [5.74, 6) is 0.293. The Bertz CT molecular complexity index is 470. The Morgan fingerprint density at radius 3 is 2.30 bits per heavy atom. The van der Waals surface area contributed by atoms with E-state index in [0.717, 1.165) is 5.56 Å². The largest absolute Gasteiger partial charge is 0.353 e. The van der Waals surface area contributed by atoms with Gasteiger partial charge in [0.15, 0.2) is 0 Å². The van der Waals surface area contributed by atoms with E-state index in [1.807, 2.05) is 43.3 Å². The number of rotatable bonds is 7. The van der Waals surface area contributed by atoms with E-state index in [-0.39, 0.29) is 36.8 Å². The van der Waals surface area contributed by atoms with Gasteiger partial charge in [-0.05, 0) is 38.1 Å². The van der Waals surface area contributed by atoms with Gasteiger partial charge in [0.1, 0.15) is 0 Å². The van der Waals surface area contributed by atoms with Crippen LogP contribution in [0.3, 0.4) is 0 Å². The van der Waals surface area contributed by atoms with Crippen LogP contribution in [0.25, 0.3) is 0 Å². The molecule has 7 heteroatoms. The van der Waals surface area contributed by atoms with Crippen LogP contribution in [0.2, 0.25) is 5.02 Å². The zero-order valence-corrected chi connectivity index (χ0v) is 16.5. The maximum absolute atomic E-state index is 12.0. The first-order valence-electron chi connectivity index (χ1n) is 7.27. The van der Waals surface area contributed by atoms with Gasteiger partial charge in [-0.2, -0.15) is 0 Å². The highest BCUT2D eigenvalue weighted by molar-refractivity contribution is 6.31. The number of nitrogens with two attached hydrogens (primary N) is 1. The highest BCUT2D eigenvalue weighted by Gasteiger charge is 2.20. The topological polar surface area (TPSA) is 58.4 Å². The van der Waals surface area contributed by atoms with Crippen molar-refractivity contribution >= 4 is 42.3 Å². The first kappa shape index (κ1) is 24.7. The number of nitrogens with one attached hydrogen (secondary N) is 1. The number of halogens is 3. The molecule has 0 heterocycles. The summed E-state index contributed by atoms with van der Waals surface area (Å²) in [6.45, 7) is 4.60. The smallest absolute Gasteiger partial charge is 0.236 e. The summed E-state index contributed by atoms with van der Waals surface area (Å²) in [6.07, 6.45) is 0.685. The molecule has 0 radical (unpaired) electrons. The van der Waals surface area contributed by atoms with Gasteiger partial charge >= 0.3 is 0 Å². The summed E-state index contributed by atoms with van der Waals surface area (Å²) in [5, 5.41) is 3.64. The number of benzene rings is 1. The van der Waals surface area contributed by atoms with E-state index < -0.39 is 6.04 Å². The molecule has 0 saturated heterocycles. The second-order valence-corrected chi connectivity index (χ2v) is 6.39. The zero-order chi connectivity index (χ0) is 16.0. The molecule has 2 atom stereocenters. The summed E-state index contributed by atoms with van der Waals surface area (Å²) in [5.41, 5.74) is 6.90. The Morgan fingerprint density at radius 2 is 1.83 bits per heavy atom. The molecule has 0 bridgehead atoms. The molecule has 0 aliphatic carbocycles. The second-order valence-electron chi connectivity index (χ2n) is 5.98. The number of carbonyl (C=O) groups is 1. The van der Waals surface area contributed by atoms with Gasteiger partial charge in [0, 0.05) is 11.6 Å². The standard InChI is InChI=1S/C16H26ClN3O.2ClH/c1-11(2)9-14(18)16(21)19-10-15(20(3)4)12-7-5-6-8-13(12)17;;/h5-8,11,14-15H,9-10,18H2,1-4H3,(H,19,21);2*1H/t14-,15?;;/m0../s1. The summed E-state index contributed by atoms with van der Waals surface area (Å²) in [6, 6.07) is 7.25. The molecule has 0 aliphatic heterocycles. The van der Waals surface area contributed by atoms with Crippen LogP contribution in [0, 0.1) is 5.92 Å². The lowest BCUT2D eigenvalue weighted by Gasteiger charge is -2.26. The number of hydrogen-bond acceptors (Lipinski definition) is 3. The Labute approximate surface area is 157 Å². The fraction of sp³-hybridized carbons (Fsp3) is 0.562.